The molecule has 1 aromatic carbocycles. The van der Waals surface area contributed by atoms with Crippen molar-refractivity contribution in [2.45, 2.75) is 38.6 Å². The molecule has 0 heterocycles. The lowest BCUT2D eigenvalue weighted by Gasteiger charge is -2.31. The smallest absolute Gasteiger partial charge is 0.225 e. The van der Waals surface area contributed by atoms with Crippen LogP contribution in [0.5, 0.6) is 0 Å². The van der Waals surface area contributed by atoms with Gasteiger partial charge in [0.15, 0.2) is 11.6 Å². The summed E-state index contributed by atoms with van der Waals surface area (Å²) in [6, 6.07) is 3.82. The molecule has 0 spiro atoms. The molecule has 0 saturated carbocycles. The molecule has 3 nitrogen and oxygen atoms in total. The monoisotopic (exact) mass is 306 g/mol. The van der Waals surface area contributed by atoms with Gasteiger partial charge in [0.25, 0.3) is 0 Å². The van der Waals surface area contributed by atoms with Crippen molar-refractivity contribution in [3.63, 3.8) is 0 Å². The first kappa shape index (κ1) is 18.8. The molecule has 0 unspecified atom stereocenters. The van der Waals surface area contributed by atoms with Crippen molar-refractivity contribution in [2.24, 2.45) is 5.73 Å². The Hall–Kier alpha value is -1.20. The van der Waals surface area contributed by atoms with Gasteiger partial charge in [0.2, 0.25) is 5.91 Å². The number of carbonyl (C=O) groups is 1. The zero-order chi connectivity index (χ0) is 14.5. The summed E-state index contributed by atoms with van der Waals surface area (Å²) in [6.45, 7) is 4.18. The molecule has 0 bridgehead atoms. The number of benzene rings is 1. The summed E-state index contributed by atoms with van der Waals surface area (Å²) < 4.78 is 26.5. The number of amides is 1. The molecule has 20 heavy (non-hydrogen) atoms. The van der Waals surface area contributed by atoms with Crippen LogP contribution in [0.1, 0.15) is 32.3 Å². The Morgan fingerprint density at radius 3 is 2.40 bits per heavy atom. The second-order valence-corrected chi connectivity index (χ2v) is 4.63. The lowest BCUT2D eigenvalue weighted by atomic mass is 9.92. The number of nitrogens with two attached hydrogens (primary N) is 1. The van der Waals surface area contributed by atoms with Crippen molar-refractivity contribution in [3.05, 3.63) is 35.4 Å². The first-order valence-electron chi connectivity index (χ1n) is 6.42. The molecule has 0 aliphatic heterocycles. The second kappa shape index (κ2) is 8.17. The molecule has 0 radical (unpaired) electrons. The highest BCUT2D eigenvalue weighted by molar-refractivity contribution is 5.85. The maximum Gasteiger partial charge on any atom is 0.225 e. The summed E-state index contributed by atoms with van der Waals surface area (Å²) in [7, 11) is 0. The zero-order valence-corrected chi connectivity index (χ0v) is 12.5. The van der Waals surface area contributed by atoms with Crippen molar-refractivity contribution < 1.29 is 13.6 Å². The molecule has 1 amide bonds. The van der Waals surface area contributed by atoms with E-state index in [0.29, 0.717) is 19.4 Å². The maximum absolute atomic E-state index is 13.5. The minimum absolute atomic E-state index is 0. The summed E-state index contributed by atoms with van der Waals surface area (Å²) in [5.41, 5.74) is 5.26. The highest BCUT2D eigenvalue weighted by Gasteiger charge is 2.26. The van der Waals surface area contributed by atoms with Crippen molar-refractivity contribution in [3.8, 4) is 0 Å². The average Bonchev–Trinajstić information content (AvgIpc) is 2.41. The molecule has 0 atom stereocenters. The SMILES string of the molecule is CCC(CC)(CN)NC(=O)Cc1cccc(F)c1F.Cl. The van der Waals surface area contributed by atoms with Crippen molar-refractivity contribution >= 4 is 18.3 Å². The van der Waals surface area contributed by atoms with Crippen LogP contribution in [0.25, 0.3) is 0 Å². The predicted octanol–water partition coefficient (Wildman–Crippen LogP) is 2.56. The molecule has 0 aromatic heterocycles. The lowest BCUT2D eigenvalue weighted by Crippen LogP contribution is -2.53. The minimum Gasteiger partial charge on any atom is -0.349 e. The molecular formula is C14H21ClF2N2O. The van der Waals surface area contributed by atoms with Gasteiger partial charge in [0.05, 0.1) is 12.0 Å². The molecule has 6 heteroatoms. The average molecular weight is 307 g/mol. The molecule has 0 fully saturated rings. The van der Waals surface area contributed by atoms with E-state index in [1.165, 1.54) is 12.1 Å². The normalized spacial score (nSPS) is 10.8. The van der Waals surface area contributed by atoms with Crippen LogP contribution >= 0.6 is 12.4 Å². The van der Waals surface area contributed by atoms with E-state index < -0.39 is 17.2 Å². The Balaban J connectivity index is 0.00000361. The van der Waals surface area contributed by atoms with Gasteiger partial charge < -0.3 is 11.1 Å². The molecule has 0 saturated heterocycles. The third-order valence-corrected chi connectivity index (χ3v) is 3.53. The van der Waals surface area contributed by atoms with Gasteiger partial charge in [-0.2, -0.15) is 0 Å². The van der Waals surface area contributed by atoms with Crippen molar-refractivity contribution in [1.82, 2.24) is 5.32 Å². The van der Waals surface area contributed by atoms with Gasteiger partial charge in [0.1, 0.15) is 0 Å². The maximum atomic E-state index is 13.5. The fraction of sp³-hybridized carbons (Fsp3) is 0.500. The fourth-order valence-electron chi connectivity index (χ4n) is 1.96. The van der Waals surface area contributed by atoms with Crippen LogP contribution in [0, 0.1) is 11.6 Å². The number of carbonyl (C=O) groups excluding carboxylic acids is 1. The quantitative estimate of drug-likeness (QED) is 0.848. The summed E-state index contributed by atoms with van der Waals surface area (Å²) in [5.74, 6) is -2.26. The largest absolute Gasteiger partial charge is 0.349 e. The van der Waals surface area contributed by atoms with E-state index in [9.17, 15) is 13.6 Å². The topological polar surface area (TPSA) is 55.1 Å². The molecule has 3 N–H and O–H groups in total. The van der Waals surface area contributed by atoms with Gasteiger partial charge in [-0.3, -0.25) is 4.79 Å². The van der Waals surface area contributed by atoms with E-state index >= 15 is 0 Å². The molecule has 0 aliphatic rings. The van der Waals surface area contributed by atoms with Crippen LogP contribution in [0.3, 0.4) is 0 Å². The standard InChI is InChI=1S/C14H20F2N2O.ClH/c1-3-14(4-2,9-17)18-12(19)8-10-6-5-7-11(15)13(10)16;/h5-7H,3-4,8-9,17H2,1-2H3,(H,18,19);1H. The van der Waals surface area contributed by atoms with E-state index in [0.717, 1.165) is 6.07 Å². The van der Waals surface area contributed by atoms with Crippen LogP contribution in [0.15, 0.2) is 18.2 Å². The summed E-state index contributed by atoms with van der Waals surface area (Å²) in [5, 5.41) is 2.82. The van der Waals surface area contributed by atoms with Gasteiger partial charge in [-0.1, -0.05) is 26.0 Å². The first-order valence-corrected chi connectivity index (χ1v) is 6.42. The Bertz CT molecular complexity index is 443. The van der Waals surface area contributed by atoms with Crippen LogP contribution in [0.2, 0.25) is 0 Å². The lowest BCUT2D eigenvalue weighted by molar-refractivity contribution is -0.122. The summed E-state index contributed by atoms with van der Waals surface area (Å²) in [6.07, 6.45) is 1.19. The Labute approximate surface area is 124 Å². The number of hydrogen-bond donors (Lipinski definition) is 2. The zero-order valence-electron chi connectivity index (χ0n) is 11.7. The van der Waals surface area contributed by atoms with Gasteiger partial charge >= 0.3 is 0 Å². The second-order valence-electron chi connectivity index (χ2n) is 4.63. The molecular weight excluding hydrogens is 286 g/mol. The fourth-order valence-corrected chi connectivity index (χ4v) is 1.96. The third-order valence-electron chi connectivity index (χ3n) is 3.53. The summed E-state index contributed by atoms with van der Waals surface area (Å²) >= 11 is 0. The van der Waals surface area contributed by atoms with E-state index in [1.807, 2.05) is 13.8 Å². The molecule has 114 valence electrons. The molecule has 1 aromatic rings. The Kier molecular flexibility index (Phi) is 7.68. The predicted molar refractivity (Wildman–Crippen MR) is 77.8 cm³/mol. The van der Waals surface area contributed by atoms with Gasteiger partial charge in [-0.25, -0.2) is 8.78 Å². The van der Waals surface area contributed by atoms with E-state index in [1.54, 1.807) is 0 Å². The Morgan fingerprint density at radius 2 is 1.90 bits per heavy atom. The van der Waals surface area contributed by atoms with E-state index in [4.69, 9.17) is 5.73 Å². The number of rotatable bonds is 6. The van der Waals surface area contributed by atoms with Crippen LogP contribution in [0.4, 0.5) is 8.78 Å². The van der Waals surface area contributed by atoms with Crippen molar-refractivity contribution in [2.75, 3.05) is 6.54 Å². The van der Waals surface area contributed by atoms with Crippen LogP contribution in [-0.4, -0.2) is 18.0 Å². The van der Waals surface area contributed by atoms with E-state index in [-0.39, 0.29) is 30.3 Å². The molecule has 0 aliphatic carbocycles. The minimum atomic E-state index is -0.969. The highest BCUT2D eigenvalue weighted by atomic mass is 35.5. The molecule has 1 rings (SSSR count). The first-order chi connectivity index (χ1) is 8.98. The van der Waals surface area contributed by atoms with Crippen molar-refractivity contribution in [1.29, 1.82) is 0 Å². The van der Waals surface area contributed by atoms with Gasteiger partial charge in [-0.05, 0) is 18.9 Å². The van der Waals surface area contributed by atoms with Gasteiger partial charge in [0, 0.05) is 12.1 Å². The van der Waals surface area contributed by atoms with E-state index in [2.05, 4.69) is 5.32 Å². The van der Waals surface area contributed by atoms with Gasteiger partial charge in [-0.15, -0.1) is 12.4 Å². The summed E-state index contributed by atoms with van der Waals surface area (Å²) in [4.78, 5) is 11.9. The highest BCUT2D eigenvalue weighted by Crippen LogP contribution is 2.15. The third kappa shape index (κ3) is 4.42. The number of hydrogen-bond acceptors (Lipinski definition) is 2. The number of halogens is 3. The number of nitrogens with one attached hydrogen (secondary N) is 1. The van der Waals surface area contributed by atoms with Crippen LogP contribution in [-0.2, 0) is 11.2 Å². The van der Waals surface area contributed by atoms with Crippen LogP contribution < -0.4 is 11.1 Å². The Morgan fingerprint density at radius 1 is 1.30 bits per heavy atom.